The molecule has 154 valence electrons. The highest BCUT2D eigenvalue weighted by atomic mass is 28.4. The Kier molecular flexibility index (Phi) is 7.73. The lowest BCUT2D eigenvalue weighted by Crippen LogP contribution is -2.53. The first-order valence-electron chi connectivity index (χ1n) is 10.3. The molecular formula is C20H42N2O3Si. The number of piperidine rings is 1. The van der Waals surface area contributed by atoms with Crippen LogP contribution in [0.2, 0.25) is 18.1 Å². The maximum atomic E-state index is 6.89. The Morgan fingerprint density at radius 2 is 1.81 bits per heavy atom. The molecule has 1 saturated heterocycles. The molecule has 1 spiro atoms. The van der Waals surface area contributed by atoms with Gasteiger partial charge in [0.05, 0.1) is 6.10 Å². The summed E-state index contributed by atoms with van der Waals surface area (Å²) in [6.07, 6.45) is 5.50. The number of nitrogens with one attached hydrogen (secondary N) is 1. The summed E-state index contributed by atoms with van der Waals surface area (Å²) in [6, 6.07) is 0. The molecule has 26 heavy (non-hydrogen) atoms. The summed E-state index contributed by atoms with van der Waals surface area (Å²) in [4.78, 5) is 2.62. The molecule has 0 radical (unpaired) electrons. The molecule has 5 nitrogen and oxygen atoms in total. The lowest BCUT2D eigenvalue weighted by Gasteiger charge is -2.46. The fourth-order valence-electron chi connectivity index (χ4n) is 3.60. The monoisotopic (exact) mass is 386 g/mol. The average Bonchev–Trinajstić information content (AvgIpc) is 3.33. The van der Waals surface area contributed by atoms with Crippen molar-refractivity contribution in [2.24, 2.45) is 5.41 Å². The molecule has 1 N–H and O–H groups in total. The summed E-state index contributed by atoms with van der Waals surface area (Å²) in [5.41, 5.74) is 0.508. The summed E-state index contributed by atoms with van der Waals surface area (Å²) in [5.74, 6) is 0. The van der Waals surface area contributed by atoms with E-state index in [0.717, 1.165) is 32.6 Å². The minimum Gasteiger partial charge on any atom is -0.412 e. The third-order valence-electron chi connectivity index (χ3n) is 6.83. The van der Waals surface area contributed by atoms with Crippen molar-refractivity contribution in [2.75, 3.05) is 46.9 Å². The molecule has 6 heteroatoms. The fourth-order valence-corrected chi connectivity index (χ4v) is 4.99. The van der Waals surface area contributed by atoms with Gasteiger partial charge in [0.1, 0.15) is 0 Å². The molecular weight excluding hydrogens is 344 g/mol. The third kappa shape index (κ3) is 5.76. The van der Waals surface area contributed by atoms with Crippen molar-refractivity contribution in [3.05, 3.63) is 0 Å². The van der Waals surface area contributed by atoms with Gasteiger partial charge in [0.25, 0.3) is 0 Å². The van der Waals surface area contributed by atoms with Gasteiger partial charge in [-0.1, -0.05) is 20.8 Å². The van der Waals surface area contributed by atoms with Gasteiger partial charge < -0.3 is 24.1 Å². The summed E-state index contributed by atoms with van der Waals surface area (Å²) in [6.45, 7) is 17.1. The number of rotatable bonds is 10. The van der Waals surface area contributed by atoms with Crippen molar-refractivity contribution < 1.29 is 13.9 Å². The lowest BCUT2D eigenvalue weighted by molar-refractivity contribution is -0.0987. The lowest BCUT2D eigenvalue weighted by atomic mass is 9.90. The zero-order valence-corrected chi connectivity index (χ0v) is 19.2. The van der Waals surface area contributed by atoms with E-state index in [9.17, 15) is 0 Å². The number of hydrogen-bond donors (Lipinski definition) is 1. The number of methoxy groups -OCH3 is 2. The van der Waals surface area contributed by atoms with Crippen LogP contribution in [-0.4, -0.2) is 72.6 Å². The molecule has 0 aromatic heterocycles. The highest BCUT2D eigenvalue weighted by Gasteiger charge is 2.54. The number of nitrogens with zero attached hydrogens (tertiary/aromatic N) is 1. The molecule has 0 bridgehead atoms. The standard InChI is InChI=1S/C20H42N2O3Si/c1-19(2,3)26(6,7)25-17-16-22(14-11-20(17)9-10-20)13-8-12-21-15-18(23-4)24-5/h17-18,21H,8-16H2,1-7H3/t17-/m1/s1. The summed E-state index contributed by atoms with van der Waals surface area (Å²) in [7, 11) is 1.66. The second-order valence-corrected chi connectivity index (χ2v) is 14.5. The van der Waals surface area contributed by atoms with Gasteiger partial charge >= 0.3 is 0 Å². The van der Waals surface area contributed by atoms with Gasteiger partial charge in [-0.25, -0.2) is 0 Å². The highest BCUT2D eigenvalue weighted by molar-refractivity contribution is 6.74. The maximum Gasteiger partial charge on any atom is 0.192 e. The van der Waals surface area contributed by atoms with Crippen molar-refractivity contribution in [3.63, 3.8) is 0 Å². The van der Waals surface area contributed by atoms with E-state index in [2.05, 4.69) is 44.1 Å². The van der Waals surface area contributed by atoms with Gasteiger partial charge in [0, 0.05) is 27.3 Å². The second-order valence-electron chi connectivity index (χ2n) is 9.74. The van der Waals surface area contributed by atoms with E-state index in [1.165, 1.54) is 25.8 Å². The maximum absolute atomic E-state index is 6.89. The summed E-state index contributed by atoms with van der Waals surface area (Å²) < 4.78 is 17.3. The molecule has 1 aliphatic heterocycles. The van der Waals surface area contributed by atoms with Gasteiger partial charge in [0.2, 0.25) is 0 Å². The van der Waals surface area contributed by atoms with E-state index in [-0.39, 0.29) is 11.3 Å². The summed E-state index contributed by atoms with van der Waals surface area (Å²) in [5, 5.41) is 3.71. The first-order chi connectivity index (χ1) is 12.1. The number of ether oxygens (including phenoxy) is 2. The van der Waals surface area contributed by atoms with Crippen LogP contribution in [0, 0.1) is 5.41 Å². The van der Waals surface area contributed by atoms with E-state index in [1.54, 1.807) is 14.2 Å². The molecule has 1 heterocycles. The van der Waals surface area contributed by atoms with Crippen molar-refractivity contribution in [1.29, 1.82) is 0 Å². The number of hydrogen-bond acceptors (Lipinski definition) is 5. The Morgan fingerprint density at radius 1 is 1.15 bits per heavy atom. The van der Waals surface area contributed by atoms with Crippen molar-refractivity contribution >= 4 is 8.32 Å². The van der Waals surface area contributed by atoms with Gasteiger partial charge in [0.15, 0.2) is 14.6 Å². The van der Waals surface area contributed by atoms with E-state index in [1.807, 2.05) is 0 Å². The minimum atomic E-state index is -1.70. The van der Waals surface area contributed by atoms with Gasteiger partial charge in [-0.05, 0) is 68.9 Å². The van der Waals surface area contributed by atoms with Crippen LogP contribution < -0.4 is 5.32 Å². The average molecular weight is 387 g/mol. The van der Waals surface area contributed by atoms with Crippen LogP contribution >= 0.6 is 0 Å². The minimum absolute atomic E-state index is 0.151. The molecule has 1 saturated carbocycles. The van der Waals surface area contributed by atoms with E-state index in [4.69, 9.17) is 13.9 Å². The Bertz CT molecular complexity index is 431. The molecule has 1 aliphatic carbocycles. The van der Waals surface area contributed by atoms with Crippen LogP contribution in [0.1, 0.15) is 46.5 Å². The molecule has 0 aromatic carbocycles. The predicted octanol–water partition coefficient (Wildman–Crippen LogP) is 3.46. The zero-order chi connectivity index (χ0) is 19.4. The first-order valence-corrected chi connectivity index (χ1v) is 13.2. The first kappa shape index (κ1) is 22.3. The van der Waals surface area contributed by atoms with Crippen LogP contribution in [0.25, 0.3) is 0 Å². The molecule has 2 fully saturated rings. The van der Waals surface area contributed by atoms with Crippen LogP contribution in [0.5, 0.6) is 0 Å². The Balaban J connectivity index is 1.77. The van der Waals surface area contributed by atoms with Crippen LogP contribution in [0.15, 0.2) is 0 Å². The van der Waals surface area contributed by atoms with Crippen LogP contribution in [-0.2, 0) is 13.9 Å². The molecule has 0 aromatic rings. The Morgan fingerprint density at radius 3 is 2.35 bits per heavy atom. The van der Waals surface area contributed by atoms with Gasteiger partial charge in [-0.2, -0.15) is 0 Å². The van der Waals surface area contributed by atoms with Crippen LogP contribution in [0.3, 0.4) is 0 Å². The highest BCUT2D eigenvalue weighted by Crippen LogP contribution is 2.56. The topological polar surface area (TPSA) is 43.0 Å². The largest absolute Gasteiger partial charge is 0.412 e. The van der Waals surface area contributed by atoms with Crippen molar-refractivity contribution in [3.8, 4) is 0 Å². The third-order valence-corrected chi connectivity index (χ3v) is 11.3. The quantitative estimate of drug-likeness (QED) is 0.354. The van der Waals surface area contributed by atoms with Gasteiger partial charge in [-0.15, -0.1) is 0 Å². The molecule has 0 amide bonds. The fraction of sp³-hybridized carbons (Fsp3) is 1.00. The Labute approximate surface area is 162 Å². The molecule has 1 atom stereocenters. The van der Waals surface area contributed by atoms with Crippen LogP contribution in [0.4, 0.5) is 0 Å². The zero-order valence-electron chi connectivity index (χ0n) is 18.2. The predicted molar refractivity (Wildman–Crippen MR) is 110 cm³/mol. The molecule has 0 unspecified atom stereocenters. The van der Waals surface area contributed by atoms with Gasteiger partial charge in [-0.3, -0.25) is 0 Å². The number of likely N-dealkylation sites (tertiary alicyclic amines) is 1. The normalized spacial score (nSPS) is 23.8. The van der Waals surface area contributed by atoms with E-state index >= 15 is 0 Å². The van der Waals surface area contributed by atoms with E-state index in [0.29, 0.717) is 11.5 Å². The molecule has 2 aliphatic rings. The van der Waals surface area contributed by atoms with E-state index < -0.39 is 8.32 Å². The summed E-state index contributed by atoms with van der Waals surface area (Å²) >= 11 is 0. The SMILES string of the molecule is COC(CNCCCN1CCC2(CC2)[C@H](O[Si](C)(C)C(C)(C)C)C1)OC. The molecule has 2 rings (SSSR count). The van der Waals surface area contributed by atoms with Crippen molar-refractivity contribution in [2.45, 2.75) is 77.0 Å². The van der Waals surface area contributed by atoms with Crippen molar-refractivity contribution in [1.82, 2.24) is 10.2 Å². The smallest absolute Gasteiger partial charge is 0.192 e. The Hall–Kier alpha value is 0.0169. The second kappa shape index (κ2) is 9.01.